The van der Waals surface area contributed by atoms with E-state index in [9.17, 15) is 13.2 Å². The minimum Gasteiger partial charge on any atom is -0.484 e. The Bertz CT molecular complexity index is 907. The van der Waals surface area contributed by atoms with Gasteiger partial charge in [-0.2, -0.15) is 0 Å². The summed E-state index contributed by atoms with van der Waals surface area (Å²) in [5.41, 5.74) is 2.63. The summed E-state index contributed by atoms with van der Waals surface area (Å²) in [5, 5.41) is 2.84. The van der Waals surface area contributed by atoms with E-state index >= 15 is 0 Å². The first-order valence-corrected chi connectivity index (χ1v) is 10.8. The number of ether oxygens (including phenoxy) is 2. The zero-order valence-electron chi connectivity index (χ0n) is 15.9. The molecule has 0 aliphatic carbocycles. The van der Waals surface area contributed by atoms with E-state index in [1.54, 1.807) is 0 Å². The van der Waals surface area contributed by atoms with E-state index in [1.165, 1.54) is 31.4 Å². The molecule has 0 saturated heterocycles. The molecule has 2 rings (SSSR count). The van der Waals surface area contributed by atoms with Crippen molar-refractivity contribution in [1.29, 1.82) is 0 Å². The average Bonchev–Trinajstić information content (AvgIpc) is 2.63. The van der Waals surface area contributed by atoms with E-state index in [1.807, 2.05) is 26.0 Å². The molecule has 0 spiro atoms. The van der Waals surface area contributed by atoms with Crippen LogP contribution in [0.5, 0.6) is 5.75 Å². The zero-order valence-corrected chi connectivity index (χ0v) is 18.3. The maximum atomic E-state index is 12.2. The van der Waals surface area contributed by atoms with Gasteiger partial charge in [0.25, 0.3) is 5.91 Å². The fourth-order valence-electron chi connectivity index (χ4n) is 2.51. The molecule has 0 fully saturated rings. The van der Waals surface area contributed by atoms with Crippen LogP contribution in [0, 0.1) is 13.8 Å². The summed E-state index contributed by atoms with van der Waals surface area (Å²) in [6, 6.07) is 9.70. The smallest absolute Gasteiger partial charge is 0.262 e. The molecule has 0 aliphatic rings. The SMILES string of the molecule is COCCNS(=O)(=O)c1ccc(OCC(=O)Nc2c(C)cc(Br)cc2C)cc1. The van der Waals surface area contributed by atoms with Crippen LogP contribution in [0.25, 0.3) is 0 Å². The van der Waals surface area contributed by atoms with E-state index in [-0.39, 0.29) is 30.6 Å². The number of rotatable bonds is 9. The summed E-state index contributed by atoms with van der Waals surface area (Å²) >= 11 is 3.42. The van der Waals surface area contributed by atoms with Gasteiger partial charge in [0.2, 0.25) is 10.0 Å². The first kappa shape index (κ1) is 22.4. The molecule has 0 unspecified atom stereocenters. The molecule has 2 aromatic carbocycles. The number of amides is 1. The number of carbonyl (C=O) groups excluding carboxylic acids is 1. The Morgan fingerprint density at radius 1 is 1.11 bits per heavy atom. The summed E-state index contributed by atoms with van der Waals surface area (Å²) in [6.45, 7) is 4.11. The van der Waals surface area contributed by atoms with Crippen LogP contribution in [0.3, 0.4) is 0 Å². The highest BCUT2D eigenvalue weighted by Gasteiger charge is 2.14. The van der Waals surface area contributed by atoms with Crippen molar-refractivity contribution >= 4 is 37.5 Å². The first-order valence-electron chi connectivity index (χ1n) is 8.51. The largest absolute Gasteiger partial charge is 0.484 e. The number of nitrogens with one attached hydrogen (secondary N) is 2. The summed E-state index contributed by atoms with van der Waals surface area (Å²) in [4.78, 5) is 12.3. The molecule has 152 valence electrons. The van der Waals surface area contributed by atoms with Crippen LogP contribution in [0.1, 0.15) is 11.1 Å². The zero-order chi connectivity index (χ0) is 20.7. The van der Waals surface area contributed by atoms with Crippen molar-refractivity contribution in [2.45, 2.75) is 18.7 Å². The predicted molar refractivity (Wildman–Crippen MR) is 111 cm³/mol. The molecule has 0 aliphatic heterocycles. The van der Waals surface area contributed by atoms with Crippen LogP contribution in [-0.2, 0) is 19.6 Å². The maximum Gasteiger partial charge on any atom is 0.262 e. The highest BCUT2D eigenvalue weighted by molar-refractivity contribution is 9.10. The third-order valence-corrected chi connectivity index (χ3v) is 5.80. The number of benzene rings is 2. The Kier molecular flexibility index (Phi) is 7.99. The standard InChI is InChI=1S/C19H23BrN2O5S/c1-13-10-15(20)11-14(2)19(13)22-18(23)12-27-16-4-6-17(7-5-16)28(24,25)21-8-9-26-3/h4-7,10-11,21H,8-9,12H2,1-3H3,(H,22,23). The molecule has 0 heterocycles. The van der Waals surface area contributed by atoms with Crippen LogP contribution in [0.4, 0.5) is 5.69 Å². The van der Waals surface area contributed by atoms with Crippen molar-refractivity contribution in [3.63, 3.8) is 0 Å². The molecule has 0 aromatic heterocycles. The Hall–Kier alpha value is -1.94. The lowest BCUT2D eigenvalue weighted by atomic mass is 10.1. The van der Waals surface area contributed by atoms with Gasteiger partial charge in [-0.1, -0.05) is 15.9 Å². The molecule has 0 atom stereocenters. The number of carbonyl (C=O) groups is 1. The molecular formula is C19H23BrN2O5S. The van der Waals surface area contributed by atoms with Gasteiger partial charge in [-0.05, 0) is 61.4 Å². The first-order chi connectivity index (χ1) is 13.2. The third-order valence-electron chi connectivity index (χ3n) is 3.86. The van der Waals surface area contributed by atoms with Crippen LogP contribution in [-0.4, -0.2) is 41.2 Å². The van der Waals surface area contributed by atoms with Gasteiger partial charge in [-0.15, -0.1) is 0 Å². The second kappa shape index (κ2) is 10.0. The number of halogens is 1. The van der Waals surface area contributed by atoms with Crippen molar-refractivity contribution in [1.82, 2.24) is 4.72 Å². The Morgan fingerprint density at radius 2 is 1.71 bits per heavy atom. The van der Waals surface area contributed by atoms with Gasteiger partial charge in [0, 0.05) is 23.8 Å². The minimum absolute atomic E-state index is 0.113. The Labute approximate surface area is 173 Å². The average molecular weight is 471 g/mol. The summed E-state index contributed by atoms with van der Waals surface area (Å²) in [6.07, 6.45) is 0. The fourth-order valence-corrected chi connectivity index (χ4v) is 4.21. The van der Waals surface area contributed by atoms with Gasteiger partial charge < -0.3 is 14.8 Å². The van der Waals surface area contributed by atoms with Crippen LogP contribution < -0.4 is 14.8 Å². The molecular weight excluding hydrogens is 448 g/mol. The Morgan fingerprint density at radius 3 is 2.29 bits per heavy atom. The molecule has 28 heavy (non-hydrogen) atoms. The van der Waals surface area contributed by atoms with Crippen molar-refractivity contribution in [3.05, 3.63) is 52.0 Å². The fraction of sp³-hybridized carbons (Fsp3) is 0.316. The highest BCUT2D eigenvalue weighted by atomic mass is 79.9. The number of sulfonamides is 1. The molecule has 2 aromatic rings. The third kappa shape index (κ3) is 6.30. The number of hydrogen-bond acceptors (Lipinski definition) is 5. The van der Waals surface area contributed by atoms with Crippen molar-refractivity contribution in [3.8, 4) is 5.75 Å². The number of hydrogen-bond donors (Lipinski definition) is 2. The number of methoxy groups -OCH3 is 1. The second-order valence-corrected chi connectivity index (χ2v) is 8.80. The lowest BCUT2D eigenvalue weighted by Crippen LogP contribution is -2.27. The second-order valence-electron chi connectivity index (χ2n) is 6.11. The van der Waals surface area contributed by atoms with E-state index in [2.05, 4.69) is 26.0 Å². The molecule has 0 saturated carbocycles. The van der Waals surface area contributed by atoms with Crippen LogP contribution in [0.15, 0.2) is 45.8 Å². The van der Waals surface area contributed by atoms with E-state index in [0.717, 1.165) is 21.3 Å². The van der Waals surface area contributed by atoms with Gasteiger partial charge in [-0.3, -0.25) is 4.79 Å². The molecule has 9 heteroatoms. The number of aryl methyl sites for hydroxylation is 2. The molecule has 7 nitrogen and oxygen atoms in total. The molecule has 0 radical (unpaired) electrons. The van der Waals surface area contributed by atoms with Gasteiger partial charge in [0.05, 0.1) is 11.5 Å². The van der Waals surface area contributed by atoms with E-state index in [4.69, 9.17) is 9.47 Å². The summed E-state index contributed by atoms with van der Waals surface area (Å²) in [5.74, 6) is 0.0988. The van der Waals surface area contributed by atoms with Gasteiger partial charge >= 0.3 is 0 Å². The molecule has 0 bridgehead atoms. The summed E-state index contributed by atoms with van der Waals surface area (Å²) < 4.78 is 37.9. The van der Waals surface area contributed by atoms with Crippen LogP contribution in [0.2, 0.25) is 0 Å². The summed E-state index contributed by atoms with van der Waals surface area (Å²) in [7, 11) is -2.11. The topological polar surface area (TPSA) is 93.7 Å². The van der Waals surface area contributed by atoms with Crippen LogP contribution >= 0.6 is 15.9 Å². The van der Waals surface area contributed by atoms with Crippen molar-refractivity contribution in [2.24, 2.45) is 0 Å². The normalized spacial score (nSPS) is 11.3. The maximum absolute atomic E-state index is 12.2. The lowest BCUT2D eigenvalue weighted by molar-refractivity contribution is -0.118. The van der Waals surface area contributed by atoms with Crippen molar-refractivity contribution < 1.29 is 22.7 Å². The number of anilines is 1. The quantitative estimate of drug-likeness (QED) is 0.549. The highest BCUT2D eigenvalue weighted by Crippen LogP contribution is 2.25. The van der Waals surface area contributed by atoms with Gasteiger partial charge in [0.15, 0.2) is 6.61 Å². The lowest BCUT2D eigenvalue weighted by Gasteiger charge is -2.13. The van der Waals surface area contributed by atoms with E-state index < -0.39 is 10.0 Å². The van der Waals surface area contributed by atoms with Gasteiger partial charge in [-0.25, -0.2) is 13.1 Å². The monoisotopic (exact) mass is 470 g/mol. The molecule has 2 N–H and O–H groups in total. The Balaban J connectivity index is 1.94. The van der Waals surface area contributed by atoms with E-state index in [0.29, 0.717) is 5.75 Å². The minimum atomic E-state index is -3.60. The predicted octanol–water partition coefficient (Wildman–Crippen LogP) is 3.01. The van der Waals surface area contributed by atoms with Gasteiger partial charge in [0.1, 0.15) is 5.75 Å². The van der Waals surface area contributed by atoms with Crippen molar-refractivity contribution in [2.75, 3.05) is 32.2 Å². The molecule has 1 amide bonds.